The molecule has 0 bridgehead atoms. The van der Waals surface area contributed by atoms with E-state index in [9.17, 15) is 19.2 Å². The maximum atomic E-state index is 12.9. The first-order chi connectivity index (χ1) is 16.3. The van der Waals surface area contributed by atoms with Crippen molar-refractivity contribution in [2.45, 2.75) is 11.8 Å². The van der Waals surface area contributed by atoms with Crippen LogP contribution < -0.4 is 14.8 Å². The molecule has 2 N–H and O–H groups in total. The highest BCUT2D eigenvalue weighted by Crippen LogP contribution is 2.37. The Kier molecular flexibility index (Phi) is 8.61. The van der Waals surface area contributed by atoms with E-state index in [0.717, 1.165) is 9.80 Å². The number of para-hydroxylation sites is 1. The molecule has 9 nitrogen and oxygen atoms in total. The first-order valence-corrected chi connectivity index (χ1v) is 12.2. The van der Waals surface area contributed by atoms with Crippen molar-refractivity contribution in [1.82, 2.24) is 4.90 Å². The summed E-state index contributed by atoms with van der Waals surface area (Å²) in [5, 5.41) is 11.1. The van der Waals surface area contributed by atoms with Crippen LogP contribution in [0.5, 0.6) is 11.5 Å². The molecular formula is C23H22N2O7S2. The third kappa shape index (κ3) is 6.33. The van der Waals surface area contributed by atoms with Crippen LogP contribution in [0.15, 0.2) is 52.3 Å². The van der Waals surface area contributed by atoms with E-state index in [1.165, 1.54) is 17.8 Å². The molecular weight excluding hydrogens is 480 g/mol. The van der Waals surface area contributed by atoms with Gasteiger partial charge in [-0.2, -0.15) is 0 Å². The average Bonchev–Trinajstić information content (AvgIpc) is 3.06. The summed E-state index contributed by atoms with van der Waals surface area (Å²) in [6, 6.07) is 12.1. The van der Waals surface area contributed by atoms with E-state index in [4.69, 9.17) is 14.6 Å². The number of benzene rings is 2. The van der Waals surface area contributed by atoms with Gasteiger partial charge in [-0.25, -0.2) is 4.79 Å². The quantitative estimate of drug-likeness (QED) is 0.367. The van der Waals surface area contributed by atoms with Crippen molar-refractivity contribution in [1.29, 1.82) is 0 Å². The fraction of sp³-hybridized carbons (Fsp3) is 0.217. The molecule has 2 aromatic carbocycles. The summed E-state index contributed by atoms with van der Waals surface area (Å²) in [5.74, 6) is -1.86. The second-order valence-electron chi connectivity index (χ2n) is 6.84. The number of imide groups is 1. The highest BCUT2D eigenvalue weighted by molar-refractivity contribution is 8.18. The van der Waals surface area contributed by atoms with Crippen molar-refractivity contribution < 1.29 is 33.8 Å². The highest BCUT2D eigenvalue weighted by Gasteiger charge is 2.36. The Hall–Kier alpha value is -3.44. The minimum Gasteiger partial charge on any atom is -0.490 e. The molecule has 178 valence electrons. The Labute approximate surface area is 204 Å². The van der Waals surface area contributed by atoms with Gasteiger partial charge >= 0.3 is 5.97 Å². The van der Waals surface area contributed by atoms with Crippen molar-refractivity contribution in [2.24, 2.45) is 0 Å². The smallest absolute Gasteiger partial charge is 0.341 e. The number of carbonyl (C=O) groups excluding carboxylic acids is 3. The van der Waals surface area contributed by atoms with Gasteiger partial charge in [-0.15, -0.1) is 11.8 Å². The van der Waals surface area contributed by atoms with E-state index in [2.05, 4.69) is 5.32 Å². The van der Waals surface area contributed by atoms with Crippen molar-refractivity contribution in [3.63, 3.8) is 0 Å². The lowest BCUT2D eigenvalue weighted by molar-refractivity contribution is -0.139. The summed E-state index contributed by atoms with van der Waals surface area (Å²) in [4.78, 5) is 50.6. The third-order valence-corrected chi connectivity index (χ3v) is 6.10. The Morgan fingerprint density at radius 1 is 1.18 bits per heavy atom. The number of carboxylic acid groups (broad SMARTS) is 1. The fourth-order valence-corrected chi connectivity index (χ4v) is 4.32. The van der Waals surface area contributed by atoms with Gasteiger partial charge < -0.3 is 19.9 Å². The third-order valence-electron chi connectivity index (χ3n) is 4.46. The van der Waals surface area contributed by atoms with Crippen LogP contribution in [0.1, 0.15) is 12.5 Å². The van der Waals surface area contributed by atoms with E-state index in [1.54, 1.807) is 43.3 Å². The number of aliphatic carboxylic acids is 1. The predicted molar refractivity (Wildman–Crippen MR) is 130 cm³/mol. The van der Waals surface area contributed by atoms with Crippen LogP contribution in [0.2, 0.25) is 0 Å². The van der Waals surface area contributed by atoms with Crippen LogP contribution in [0.25, 0.3) is 6.08 Å². The molecule has 11 heteroatoms. The molecule has 2 aromatic rings. The number of nitrogens with zero attached hydrogens (tertiary/aromatic N) is 1. The summed E-state index contributed by atoms with van der Waals surface area (Å²) < 4.78 is 10.9. The minimum atomic E-state index is -1.17. The molecule has 34 heavy (non-hydrogen) atoms. The zero-order valence-corrected chi connectivity index (χ0v) is 20.0. The zero-order chi connectivity index (χ0) is 24.7. The van der Waals surface area contributed by atoms with E-state index in [-0.39, 0.29) is 10.7 Å². The highest BCUT2D eigenvalue weighted by atomic mass is 32.2. The summed E-state index contributed by atoms with van der Waals surface area (Å²) in [5.41, 5.74) is 0.934. The molecule has 0 radical (unpaired) electrons. The van der Waals surface area contributed by atoms with Gasteiger partial charge in [0.25, 0.3) is 11.1 Å². The Balaban J connectivity index is 1.78. The van der Waals surface area contributed by atoms with Crippen molar-refractivity contribution in [2.75, 3.05) is 31.3 Å². The van der Waals surface area contributed by atoms with E-state index < -0.39 is 36.2 Å². The number of hydrogen-bond acceptors (Lipinski definition) is 8. The van der Waals surface area contributed by atoms with E-state index in [1.807, 2.05) is 12.3 Å². The molecule has 1 aliphatic rings. The van der Waals surface area contributed by atoms with Gasteiger partial charge in [0.1, 0.15) is 6.54 Å². The molecule has 3 amide bonds. The summed E-state index contributed by atoms with van der Waals surface area (Å²) in [6.07, 6.45) is 3.33. The van der Waals surface area contributed by atoms with Crippen LogP contribution in [0, 0.1) is 0 Å². The number of ether oxygens (including phenoxy) is 2. The number of nitrogens with one attached hydrogen (secondary N) is 1. The molecule has 0 atom stereocenters. The Morgan fingerprint density at radius 2 is 1.94 bits per heavy atom. The SMILES string of the molecule is CCOc1cccc(/C=C2\SC(=O)N(CC(=O)Nc3cccc(SC)c3)C2=O)c1OCC(=O)O. The molecule has 1 saturated heterocycles. The van der Waals surface area contributed by atoms with Crippen molar-refractivity contribution in [3.05, 3.63) is 52.9 Å². The van der Waals surface area contributed by atoms with Gasteiger partial charge in [0, 0.05) is 16.1 Å². The van der Waals surface area contributed by atoms with Gasteiger partial charge in [-0.3, -0.25) is 19.3 Å². The van der Waals surface area contributed by atoms with Crippen LogP contribution in [-0.4, -0.2) is 59.0 Å². The molecule has 0 saturated carbocycles. The summed E-state index contributed by atoms with van der Waals surface area (Å²) in [7, 11) is 0. The maximum absolute atomic E-state index is 12.9. The molecule has 3 rings (SSSR count). The van der Waals surface area contributed by atoms with E-state index in [0.29, 0.717) is 35.4 Å². The van der Waals surface area contributed by atoms with Gasteiger partial charge in [0.05, 0.1) is 11.5 Å². The zero-order valence-electron chi connectivity index (χ0n) is 18.4. The van der Waals surface area contributed by atoms with Crippen LogP contribution in [-0.2, 0) is 14.4 Å². The molecule has 0 aliphatic carbocycles. The molecule has 1 fully saturated rings. The lowest BCUT2D eigenvalue weighted by Crippen LogP contribution is -2.36. The van der Waals surface area contributed by atoms with Crippen molar-refractivity contribution >= 4 is 58.3 Å². The monoisotopic (exact) mass is 502 g/mol. The number of carbonyl (C=O) groups is 4. The van der Waals surface area contributed by atoms with Crippen LogP contribution in [0.4, 0.5) is 10.5 Å². The minimum absolute atomic E-state index is 0.0796. The number of hydrogen-bond donors (Lipinski definition) is 2. The predicted octanol–water partition coefficient (Wildman–Crippen LogP) is 3.95. The Bertz CT molecular complexity index is 1150. The number of amides is 3. The van der Waals surface area contributed by atoms with Crippen molar-refractivity contribution in [3.8, 4) is 11.5 Å². The topological polar surface area (TPSA) is 122 Å². The lowest BCUT2D eigenvalue weighted by Gasteiger charge is -2.14. The second kappa shape index (κ2) is 11.6. The van der Waals surface area contributed by atoms with Gasteiger partial charge in [-0.1, -0.05) is 18.2 Å². The number of thioether (sulfide) groups is 2. The lowest BCUT2D eigenvalue weighted by atomic mass is 10.1. The summed E-state index contributed by atoms with van der Waals surface area (Å²) in [6.45, 7) is 1.04. The van der Waals surface area contributed by atoms with E-state index >= 15 is 0 Å². The normalized spacial score (nSPS) is 14.4. The maximum Gasteiger partial charge on any atom is 0.341 e. The fourth-order valence-electron chi connectivity index (χ4n) is 3.03. The number of anilines is 1. The molecule has 0 aromatic heterocycles. The molecule has 1 heterocycles. The summed E-state index contributed by atoms with van der Waals surface area (Å²) >= 11 is 2.21. The molecule has 0 spiro atoms. The van der Waals surface area contributed by atoms with Gasteiger partial charge in [-0.05, 0) is 55.3 Å². The first-order valence-electron chi connectivity index (χ1n) is 10.1. The Morgan fingerprint density at radius 3 is 2.65 bits per heavy atom. The van der Waals surface area contributed by atoms with Gasteiger partial charge in [0.2, 0.25) is 5.91 Å². The molecule has 0 unspecified atom stereocenters. The van der Waals surface area contributed by atoms with Gasteiger partial charge in [0.15, 0.2) is 18.1 Å². The number of rotatable bonds is 10. The standard InChI is InChI=1S/C23H22N2O7S2/c1-3-31-17-9-4-6-14(21(17)32-13-20(27)28)10-18-22(29)25(23(30)34-18)12-19(26)24-15-7-5-8-16(11-15)33-2/h4-11H,3,12-13H2,1-2H3,(H,24,26)(H,27,28)/b18-10-. The van der Waals surface area contributed by atoms with Crippen LogP contribution >= 0.6 is 23.5 Å². The van der Waals surface area contributed by atoms with Crippen LogP contribution in [0.3, 0.4) is 0 Å². The largest absolute Gasteiger partial charge is 0.490 e. The second-order valence-corrected chi connectivity index (χ2v) is 8.71. The number of carboxylic acids is 1. The average molecular weight is 503 g/mol. The first kappa shape index (κ1) is 25.2. The molecule has 1 aliphatic heterocycles.